The summed E-state index contributed by atoms with van der Waals surface area (Å²) in [4.78, 5) is 0. The van der Waals surface area contributed by atoms with Gasteiger partial charge in [0.2, 0.25) is 0 Å². The molecule has 0 bridgehead atoms. The van der Waals surface area contributed by atoms with Gasteiger partial charge in [-0.3, -0.25) is 0 Å². The predicted molar refractivity (Wildman–Crippen MR) is 50.1 cm³/mol. The molecule has 0 fully saturated rings. The van der Waals surface area contributed by atoms with Gasteiger partial charge in [-0.1, -0.05) is 6.07 Å². The van der Waals surface area contributed by atoms with Crippen LogP contribution in [0.3, 0.4) is 0 Å². The average Bonchev–Trinajstić information content (AvgIpc) is 2.19. The van der Waals surface area contributed by atoms with E-state index in [1.54, 1.807) is 0 Å². The van der Waals surface area contributed by atoms with Gasteiger partial charge in [0.25, 0.3) is 0 Å². The van der Waals surface area contributed by atoms with Crippen molar-refractivity contribution in [3.8, 4) is 0 Å². The first-order valence-electron chi connectivity index (χ1n) is 4.70. The quantitative estimate of drug-likeness (QED) is 0.806. The third-order valence-electron chi connectivity index (χ3n) is 2.05. The van der Waals surface area contributed by atoms with Crippen LogP contribution in [0.2, 0.25) is 0 Å². The molecule has 0 spiro atoms. The molecule has 0 saturated heterocycles. The number of aliphatic hydroxyl groups excluding tert-OH is 1. The van der Waals surface area contributed by atoms with E-state index in [2.05, 4.69) is 5.32 Å². The molecule has 17 heavy (non-hydrogen) atoms. The van der Waals surface area contributed by atoms with Gasteiger partial charge in [-0.2, -0.15) is 13.2 Å². The molecule has 2 nitrogen and oxygen atoms in total. The Morgan fingerprint density at radius 1 is 1.24 bits per heavy atom. The number of benzene rings is 1. The van der Waals surface area contributed by atoms with E-state index in [0.29, 0.717) is 6.07 Å². The van der Waals surface area contributed by atoms with E-state index in [1.165, 1.54) is 0 Å². The molecular weight excluding hydrogens is 245 g/mol. The fourth-order valence-corrected chi connectivity index (χ4v) is 1.12. The van der Waals surface area contributed by atoms with Crippen molar-refractivity contribution in [2.45, 2.75) is 18.8 Å². The van der Waals surface area contributed by atoms with Crippen LogP contribution in [-0.2, 0) is 6.54 Å². The first-order valence-corrected chi connectivity index (χ1v) is 4.70. The number of hydrogen-bond acceptors (Lipinski definition) is 2. The van der Waals surface area contributed by atoms with Crippen molar-refractivity contribution in [2.24, 2.45) is 0 Å². The molecule has 0 aliphatic carbocycles. The second kappa shape index (κ2) is 5.42. The normalized spacial score (nSPS) is 13.8. The molecule has 0 aliphatic rings. The third kappa shape index (κ3) is 4.27. The number of rotatable bonds is 4. The maximum Gasteiger partial charge on any atom is 0.415 e. The Morgan fingerprint density at radius 3 is 2.41 bits per heavy atom. The highest BCUT2D eigenvalue weighted by atomic mass is 19.4. The number of nitrogens with one attached hydrogen (secondary N) is 1. The van der Waals surface area contributed by atoms with Crippen molar-refractivity contribution < 1.29 is 27.1 Å². The minimum atomic E-state index is -4.71. The van der Waals surface area contributed by atoms with Gasteiger partial charge in [0.05, 0.1) is 0 Å². The fourth-order valence-electron chi connectivity index (χ4n) is 1.12. The summed E-state index contributed by atoms with van der Waals surface area (Å²) in [6.07, 6.45) is -7.22. The van der Waals surface area contributed by atoms with Gasteiger partial charge >= 0.3 is 6.18 Å². The zero-order valence-corrected chi connectivity index (χ0v) is 8.56. The lowest BCUT2D eigenvalue weighted by Gasteiger charge is -2.15. The van der Waals surface area contributed by atoms with Crippen molar-refractivity contribution >= 4 is 0 Å². The van der Waals surface area contributed by atoms with Crippen molar-refractivity contribution in [2.75, 3.05) is 6.54 Å². The predicted octanol–water partition coefficient (Wildman–Crippen LogP) is 1.98. The van der Waals surface area contributed by atoms with Crippen molar-refractivity contribution in [1.82, 2.24) is 5.32 Å². The third-order valence-corrected chi connectivity index (χ3v) is 2.05. The molecule has 1 aromatic carbocycles. The Hall–Kier alpha value is -1.21. The van der Waals surface area contributed by atoms with Crippen LogP contribution in [0, 0.1) is 11.6 Å². The minimum absolute atomic E-state index is 0.0285. The molecule has 1 atom stereocenters. The summed E-state index contributed by atoms with van der Waals surface area (Å²) in [6.45, 7) is -0.973. The van der Waals surface area contributed by atoms with E-state index >= 15 is 0 Å². The Morgan fingerprint density at radius 2 is 1.88 bits per heavy atom. The molecule has 0 saturated carbocycles. The van der Waals surface area contributed by atoms with Crippen molar-refractivity contribution in [1.29, 1.82) is 0 Å². The number of halogens is 5. The van der Waals surface area contributed by atoms with E-state index in [9.17, 15) is 22.0 Å². The van der Waals surface area contributed by atoms with Crippen LogP contribution in [-0.4, -0.2) is 23.9 Å². The van der Waals surface area contributed by atoms with Gasteiger partial charge in [0.1, 0.15) is 11.6 Å². The number of aliphatic hydroxyl groups is 1. The molecule has 7 heteroatoms. The van der Waals surface area contributed by atoms with Crippen LogP contribution in [0.5, 0.6) is 0 Å². The number of hydrogen-bond donors (Lipinski definition) is 2. The molecule has 96 valence electrons. The standard InChI is InChI=1S/C10H10F5NO/c11-7-2-1-6(8(12)3-7)4-16-5-9(17)10(13,14)15/h1-3,9,16-17H,4-5H2. The summed E-state index contributed by atoms with van der Waals surface area (Å²) in [6, 6.07) is 2.76. The fraction of sp³-hybridized carbons (Fsp3) is 0.400. The molecule has 0 amide bonds. The van der Waals surface area contributed by atoms with E-state index < -0.39 is 30.5 Å². The summed E-state index contributed by atoms with van der Waals surface area (Å²) < 4.78 is 61.2. The van der Waals surface area contributed by atoms with E-state index in [4.69, 9.17) is 5.11 Å². The summed E-state index contributed by atoms with van der Waals surface area (Å²) in [5, 5.41) is 10.9. The molecule has 0 aliphatic heterocycles. The maximum atomic E-state index is 13.0. The molecule has 0 heterocycles. The maximum absolute atomic E-state index is 13.0. The van der Waals surface area contributed by atoms with Gasteiger partial charge in [0.15, 0.2) is 6.10 Å². The van der Waals surface area contributed by atoms with Crippen LogP contribution in [0.4, 0.5) is 22.0 Å². The van der Waals surface area contributed by atoms with Crippen LogP contribution >= 0.6 is 0 Å². The Kier molecular flexibility index (Phi) is 4.41. The smallest absolute Gasteiger partial charge is 0.382 e. The van der Waals surface area contributed by atoms with Crippen LogP contribution in [0.25, 0.3) is 0 Å². The lowest BCUT2D eigenvalue weighted by molar-refractivity contribution is -0.201. The Balaban J connectivity index is 2.46. The summed E-state index contributed by atoms with van der Waals surface area (Å²) >= 11 is 0. The van der Waals surface area contributed by atoms with E-state index in [-0.39, 0.29) is 12.1 Å². The van der Waals surface area contributed by atoms with Gasteiger partial charge in [-0.15, -0.1) is 0 Å². The summed E-state index contributed by atoms with van der Waals surface area (Å²) in [5.74, 6) is -1.61. The topological polar surface area (TPSA) is 32.3 Å². The zero-order valence-electron chi connectivity index (χ0n) is 8.56. The molecular formula is C10H10F5NO. The zero-order chi connectivity index (χ0) is 13.1. The molecule has 0 aromatic heterocycles. The summed E-state index contributed by atoms with van der Waals surface area (Å²) in [5.41, 5.74) is 0.0285. The SMILES string of the molecule is OC(CNCc1ccc(F)cc1F)C(F)(F)F. The monoisotopic (exact) mass is 255 g/mol. The van der Waals surface area contributed by atoms with Crippen LogP contribution in [0.1, 0.15) is 5.56 Å². The summed E-state index contributed by atoms with van der Waals surface area (Å²) in [7, 11) is 0. The van der Waals surface area contributed by atoms with Gasteiger partial charge in [-0.25, -0.2) is 8.78 Å². The molecule has 1 unspecified atom stereocenters. The largest absolute Gasteiger partial charge is 0.415 e. The molecule has 1 rings (SSSR count). The average molecular weight is 255 g/mol. The lowest BCUT2D eigenvalue weighted by atomic mass is 10.2. The van der Waals surface area contributed by atoms with Crippen molar-refractivity contribution in [3.63, 3.8) is 0 Å². The van der Waals surface area contributed by atoms with Crippen molar-refractivity contribution in [3.05, 3.63) is 35.4 Å². The second-order valence-electron chi connectivity index (χ2n) is 3.42. The Labute approximate surface area is 94.1 Å². The molecule has 1 aromatic rings. The van der Waals surface area contributed by atoms with Crippen LogP contribution < -0.4 is 5.32 Å². The van der Waals surface area contributed by atoms with Gasteiger partial charge < -0.3 is 10.4 Å². The highest BCUT2D eigenvalue weighted by Gasteiger charge is 2.37. The molecule has 2 N–H and O–H groups in total. The van der Waals surface area contributed by atoms with E-state index in [0.717, 1.165) is 12.1 Å². The first-order chi connectivity index (χ1) is 7.80. The van der Waals surface area contributed by atoms with Gasteiger partial charge in [0, 0.05) is 24.7 Å². The first kappa shape index (κ1) is 13.9. The highest BCUT2D eigenvalue weighted by molar-refractivity contribution is 5.18. The van der Waals surface area contributed by atoms with E-state index in [1.807, 2.05) is 0 Å². The minimum Gasteiger partial charge on any atom is -0.382 e. The molecule has 0 radical (unpaired) electrons. The lowest BCUT2D eigenvalue weighted by Crippen LogP contribution is -2.38. The van der Waals surface area contributed by atoms with Gasteiger partial charge in [-0.05, 0) is 6.07 Å². The second-order valence-corrected chi connectivity index (χ2v) is 3.42. The van der Waals surface area contributed by atoms with Crippen LogP contribution in [0.15, 0.2) is 18.2 Å². The highest BCUT2D eigenvalue weighted by Crippen LogP contribution is 2.19. The number of alkyl halides is 3. The Bertz CT molecular complexity index is 379.